The number of phosphoric acid groups is 2. The van der Waals surface area contributed by atoms with Gasteiger partial charge >= 0.3 is 27.6 Å². The summed E-state index contributed by atoms with van der Waals surface area (Å²) >= 11 is 0. The molecular formula is C44H76O14P2. The Morgan fingerprint density at radius 2 is 1.10 bits per heavy atom. The van der Waals surface area contributed by atoms with E-state index in [1.54, 1.807) is 6.08 Å². The average Bonchev–Trinajstić information content (AvgIpc) is 3.20. The summed E-state index contributed by atoms with van der Waals surface area (Å²) in [4.78, 5) is 52.6. The van der Waals surface area contributed by atoms with Crippen LogP contribution in [0.2, 0.25) is 0 Å². The van der Waals surface area contributed by atoms with Crippen molar-refractivity contribution in [2.75, 3.05) is 26.4 Å². The molecule has 0 aromatic heterocycles. The summed E-state index contributed by atoms with van der Waals surface area (Å²) in [5, 5.41) is 19.6. The number of aliphatic hydroxyl groups excluding tert-OH is 2. The minimum absolute atomic E-state index is 0.0528. The Balaban J connectivity index is 4.66. The molecule has 0 heterocycles. The molecule has 0 rings (SSSR count). The Hall–Kier alpha value is -2.48. The average molecular weight is 891 g/mol. The number of carbonyl (C=O) groups excluding carboxylic acids is 2. The molecule has 0 radical (unpaired) electrons. The molecule has 0 saturated heterocycles. The minimum atomic E-state index is -4.87. The van der Waals surface area contributed by atoms with Crippen molar-refractivity contribution in [3.63, 3.8) is 0 Å². The molecule has 5 N–H and O–H groups in total. The Bertz CT molecular complexity index is 1350. The molecule has 4 atom stereocenters. The molecule has 0 aliphatic rings. The fraction of sp³-hybridized carbons (Fsp3) is 0.682. The molecular weight excluding hydrogens is 814 g/mol. The van der Waals surface area contributed by atoms with Crippen molar-refractivity contribution >= 4 is 27.6 Å². The normalized spacial score (nSPS) is 15.2. The zero-order valence-corrected chi connectivity index (χ0v) is 37.9. The van der Waals surface area contributed by atoms with Crippen LogP contribution in [-0.4, -0.2) is 81.6 Å². The summed E-state index contributed by atoms with van der Waals surface area (Å²) in [5.74, 6) is -1.15. The van der Waals surface area contributed by atoms with Crippen molar-refractivity contribution in [1.29, 1.82) is 0 Å². The van der Waals surface area contributed by atoms with Crippen LogP contribution in [0.3, 0.4) is 0 Å². The molecule has 0 saturated carbocycles. The van der Waals surface area contributed by atoms with Crippen molar-refractivity contribution in [2.24, 2.45) is 0 Å². The summed E-state index contributed by atoms with van der Waals surface area (Å²) in [5.41, 5.74) is 0. The van der Waals surface area contributed by atoms with E-state index in [1.165, 1.54) is 51.4 Å². The SMILES string of the molecule is CC/C=C\CC(O)/C=C/C=C/C/C=C\C/C=C\C/C=C\CCC(=O)OC[C@H](COP(=O)(O)OC[C@@H](O)COP(=O)(O)O)OC(=O)CCCCCCCCCCCCCCC. The van der Waals surface area contributed by atoms with Crippen molar-refractivity contribution in [3.8, 4) is 0 Å². The van der Waals surface area contributed by atoms with Crippen LogP contribution in [0.1, 0.15) is 149 Å². The zero-order chi connectivity index (χ0) is 44.6. The lowest BCUT2D eigenvalue weighted by Gasteiger charge is -2.20. The molecule has 0 aromatic carbocycles. The maximum Gasteiger partial charge on any atom is 0.472 e. The number of hydrogen-bond donors (Lipinski definition) is 5. The first-order chi connectivity index (χ1) is 28.8. The summed E-state index contributed by atoms with van der Waals surface area (Å²) in [6.45, 7) is 1.45. The molecule has 60 heavy (non-hydrogen) atoms. The summed E-state index contributed by atoms with van der Waals surface area (Å²) in [6, 6.07) is 0. The Kier molecular flexibility index (Phi) is 37.7. The van der Waals surface area contributed by atoms with E-state index >= 15 is 0 Å². The standard InChI is InChI=1S/C44H76O14P2/c1-3-5-7-8-9-10-11-13-18-21-24-27-31-35-44(48)58-42(39-57-60(52,53)56-37-41(46)36-55-59(49,50)51)38-54-43(47)34-30-26-23-20-17-15-12-14-16-19-22-25-29-33-40(45)32-28-6-4-2/h6,14-17,22-23,25-26,28-29,33,40-42,45-46H,3-5,7-13,18-21,24,27,30-32,34-39H2,1-2H3,(H,52,53)(H2,49,50,51)/b16-14-,17-15-,25-22+,26-23-,28-6-,33-29+/t40?,41-,42+/m0/s1. The number of carbonyl (C=O) groups is 2. The predicted molar refractivity (Wildman–Crippen MR) is 236 cm³/mol. The predicted octanol–water partition coefficient (Wildman–Crippen LogP) is 9.98. The van der Waals surface area contributed by atoms with Crippen LogP contribution in [0.25, 0.3) is 0 Å². The molecule has 0 aliphatic heterocycles. The third kappa shape index (κ3) is 42.2. The van der Waals surface area contributed by atoms with Gasteiger partial charge < -0.3 is 34.4 Å². The van der Waals surface area contributed by atoms with Crippen molar-refractivity contribution in [3.05, 3.63) is 72.9 Å². The largest absolute Gasteiger partial charge is 0.472 e. The lowest BCUT2D eigenvalue weighted by atomic mass is 10.0. The molecule has 0 aromatic rings. The first-order valence-corrected chi connectivity index (χ1v) is 24.8. The van der Waals surface area contributed by atoms with Gasteiger partial charge in [-0.05, 0) is 44.9 Å². The maximum absolute atomic E-state index is 12.6. The van der Waals surface area contributed by atoms with Gasteiger partial charge in [0.15, 0.2) is 6.10 Å². The quantitative estimate of drug-likeness (QED) is 0.0127. The van der Waals surface area contributed by atoms with E-state index in [9.17, 15) is 33.8 Å². The Morgan fingerprint density at radius 3 is 1.68 bits per heavy atom. The van der Waals surface area contributed by atoms with Crippen LogP contribution in [-0.2, 0) is 41.8 Å². The van der Waals surface area contributed by atoms with Crippen LogP contribution in [0.5, 0.6) is 0 Å². The van der Waals surface area contributed by atoms with Crippen LogP contribution in [0.4, 0.5) is 0 Å². The van der Waals surface area contributed by atoms with E-state index in [-0.39, 0.29) is 12.8 Å². The maximum atomic E-state index is 12.6. The van der Waals surface area contributed by atoms with E-state index in [0.717, 1.165) is 44.9 Å². The van der Waals surface area contributed by atoms with Gasteiger partial charge in [0.25, 0.3) is 0 Å². The molecule has 2 unspecified atom stereocenters. The molecule has 0 bridgehead atoms. The van der Waals surface area contributed by atoms with Gasteiger partial charge in [0.05, 0.1) is 25.9 Å². The second-order valence-electron chi connectivity index (χ2n) is 14.4. The van der Waals surface area contributed by atoms with E-state index in [4.69, 9.17) is 23.8 Å². The fourth-order valence-corrected chi connectivity index (χ4v) is 6.55. The van der Waals surface area contributed by atoms with Gasteiger partial charge in [-0.2, -0.15) is 0 Å². The van der Waals surface area contributed by atoms with E-state index < -0.39 is 72.3 Å². The van der Waals surface area contributed by atoms with E-state index in [1.807, 2.05) is 54.7 Å². The lowest BCUT2D eigenvalue weighted by molar-refractivity contribution is -0.161. The van der Waals surface area contributed by atoms with E-state index in [0.29, 0.717) is 25.7 Å². The van der Waals surface area contributed by atoms with Gasteiger partial charge in [0.2, 0.25) is 0 Å². The van der Waals surface area contributed by atoms with E-state index in [2.05, 4.69) is 35.0 Å². The summed E-state index contributed by atoms with van der Waals surface area (Å²) in [7, 11) is -9.71. The Labute approximate surface area is 359 Å². The summed E-state index contributed by atoms with van der Waals surface area (Å²) in [6.07, 6.45) is 39.5. The number of allylic oxidation sites excluding steroid dienone is 10. The monoisotopic (exact) mass is 890 g/mol. The molecule has 346 valence electrons. The fourth-order valence-electron chi connectivity index (χ4n) is 5.40. The van der Waals surface area contributed by atoms with Gasteiger partial charge in [-0.1, -0.05) is 164 Å². The second kappa shape index (κ2) is 39.4. The number of esters is 2. The molecule has 0 fully saturated rings. The highest BCUT2D eigenvalue weighted by Gasteiger charge is 2.28. The third-order valence-electron chi connectivity index (χ3n) is 8.69. The van der Waals surface area contributed by atoms with Crippen molar-refractivity contribution < 1.29 is 66.7 Å². The topological polar surface area (TPSA) is 216 Å². The molecule has 0 amide bonds. The number of phosphoric ester groups is 2. The van der Waals surface area contributed by atoms with Crippen LogP contribution < -0.4 is 0 Å². The number of rotatable bonds is 40. The van der Waals surface area contributed by atoms with Crippen molar-refractivity contribution in [2.45, 2.75) is 167 Å². The molecule has 14 nitrogen and oxygen atoms in total. The Morgan fingerprint density at radius 1 is 0.567 bits per heavy atom. The zero-order valence-electron chi connectivity index (χ0n) is 36.1. The number of ether oxygens (including phenoxy) is 2. The van der Waals surface area contributed by atoms with Gasteiger partial charge in [-0.3, -0.25) is 23.2 Å². The smallest absolute Gasteiger partial charge is 0.462 e. The van der Waals surface area contributed by atoms with Gasteiger partial charge in [-0.25, -0.2) is 9.13 Å². The molecule has 0 spiro atoms. The third-order valence-corrected chi connectivity index (χ3v) is 10.1. The van der Waals surface area contributed by atoms with Gasteiger partial charge in [0, 0.05) is 12.8 Å². The highest BCUT2D eigenvalue weighted by atomic mass is 31.2. The first kappa shape index (κ1) is 57.5. The molecule has 16 heteroatoms. The minimum Gasteiger partial charge on any atom is -0.462 e. The second-order valence-corrected chi connectivity index (χ2v) is 17.1. The van der Waals surface area contributed by atoms with Crippen LogP contribution >= 0.6 is 15.6 Å². The summed E-state index contributed by atoms with van der Waals surface area (Å²) < 4.78 is 47.6. The highest BCUT2D eigenvalue weighted by Crippen LogP contribution is 2.43. The molecule has 0 aliphatic carbocycles. The number of aliphatic hydroxyl groups is 2. The lowest BCUT2D eigenvalue weighted by Crippen LogP contribution is -2.29. The number of hydrogen-bond acceptors (Lipinski definition) is 11. The number of unbranched alkanes of at least 4 members (excludes halogenated alkanes) is 12. The van der Waals surface area contributed by atoms with Crippen LogP contribution in [0, 0.1) is 0 Å². The van der Waals surface area contributed by atoms with Gasteiger partial charge in [0.1, 0.15) is 12.7 Å². The first-order valence-electron chi connectivity index (χ1n) is 21.7. The highest BCUT2D eigenvalue weighted by molar-refractivity contribution is 7.47. The van der Waals surface area contributed by atoms with Crippen molar-refractivity contribution in [1.82, 2.24) is 0 Å². The van der Waals surface area contributed by atoms with Gasteiger partial charge in [-0.15, -0.1) is 0 Å². The van der Waals surface area contributed by atoms with Crippen LogP contribution in [0.15, 0.2) is 72.9 Å².